The third-order valence-corrected chi connectivity index (χ3v) is 4.97. The molecule has 3 aromatic rings. The maximum atomic E-state index is 5.67. The van der Waals surface area contributed by atoms with Crippen LogP contribution < -0.4 is 5.32 Å². The monoisotopic (exact) mass is 379 g/mol. The predicted molar refractivity (Wildman–Crippen MR) is 107 cm³/mol. The van der Waals surface area contributed by atoms with Gasteiger partial charge in [-0.15, -0.1) is 0 Å². The van der Waals surface area contributed by atoms with Gasteiger partial charge in [-0.1, -0.05) is 35.5 Å². The molecule has 1 aliphatic heterocycles. The van der Waals surface area contributed by atoms with Gasteiger partial charge < -0.3 is 14.6 Å². The first-order valence-corrected chi connectivity index (χ1v) is 9.65. The molecule has 1 aromatic carbocycles. The Morgan fingerprint density at radius 1 is 1.21 bits per heavy atom. The van der Waals surface area contributed by atoms with E-state index in [0.717, 1.165) is 37.3 Å². The van der Waals surface area contributed by atoms with Gasteiger partial charge in [-0.3, -0.25) is 4.90 Å². The summed E-state index contributed by atoms with van der Waals surface area (Å²) in [6, 6.07) is 14.5. The number of pyridine rings is 1. The lowest BCUT2D eigenvalue weighted by Gasteiger charge is -2.21. The standard InChI is InChI=1S/C21H25N5O2/c1-27-14-12-23-19-17(9-5-11-22-19)20-24-21(28-25-20)18-10-6-13-26(18)15-16-7-3-2-4-8-16/h2-5,7-9,11,18H,6,10,12-15H2,1H3,(H,22,23). The summed E-state index contributed by atoms with van der Waals surface area (Å²) in [6.45, 7) is 3.19. The highest BCUT2D eigenvalue weighted by Gasteiger charge is 2.31. The summed E-state index contributed by atoms with van der Waals surface area (Å²) in [5.41, 5.74) is 2.13. The molecule has 1 atom stereocenters. The minimum absolute atomic E-state index is 0.156. The quantitative estimate of drug-likeness (QED) is 0.600. The second kappa shape index (κ2) is 8.95. The van der Waals surface area contributed by atoms with Crippen LogP contribution in [0.2, 0.25) is 0 Å². The van der Waals surface area contributed by atoms with Gasteiger partial charge in [-0.25, -0.2) is 4.98 Å². The number of rotatable bonds is 8. The van der Waals surface area contributed by atoms with Gasteiger partial charge in [-0.2, -0.15) is 4.98 Å². The molecule has 0 saturated carbocycles. The van der Waals surface area contributed by atoms with Gasteiger partial charge in [0.2, 0.25) is 11.7 Å². The topological polar surface area (TPSA) is 76.3 Å². The zero-order valence-electron chi connectivity index (χ0n) is 16.0. The molecular weight excluding hydrogens is 354 g/mol. The van der Waals surface area contributed by atoms with Crippen molar-refractivity contribution in [3.63, 3.8) is 0 Å². The number of hydrogen-bond acceptors (Lipinski definition) is 7. The first-order valence-electron chi connectivity index (χ1n) is 9.65. The Morgan fingerprint density at radius 2 is 2.11 bits per heavy atom. The van der Waals surface area contributed by atoms with Crippen LogP contribution in [0.1, 0.15) is 30.3 Å². The number of nitrogens with one attached hydrogen (secondary N) is 1. The maximum Gasteiger partial charge on any atom is 0.244 e. The molecule has 1 aliphatic rings. The van der Waals surface area contributed by atoms with Crippen molar-refractivity contribution >= 4 is 5.82 Å². The molecule has 7 heteroatoms. The van der Waals surface area contributed by atoms with E-state index in [0.29, 0.717) is 24.9 Å². The minimum Gasteiger partial charge on any atom is -0.383 e. The van der Waals surface area contributed by atoms with Crippen LogP contribution in [0.15, 0.2) is 53.2 Å². The van der Waals surface area contributed by atoms with E-state index in [1.165, 1.54) is 5.56 Å². The van der Waals surface area contributed by atoms with Crippen LogP contribution in [-0.2, 0) is 11.3 Å². The van der Waals surface area contributed by atoms with E-state index < -0.39 is 0 Å². The van der Waals surface area contributed by atoms with E-state index in [1.807, 2.05) is 18.2 Å². The van der Waals surface area contributed by atoms with Crippen LogP contribution in [0.25, 0.3) is 11.4 Å². The summed E-state index contributed by atoms with van der Waals surface area (Å²) in [4.78, 5) is 11.5. The average molecular weight is 379 g/mol. The van der Waals surface area contributed by atoms with Gasteiger partial charge in [0.1, 0.15) is 5.82 Å². The molecule has 28 heavy (non-hydrogen) atoms. The van der Waals surface area contributed by atoms with Gasteiger partial charge in [0.15, 0.2) is 0 Å². The lowest BCUT2D eigenvalue weighted by molar-refractivity contribution is 0.201. The second-order valence-electron chi connectivity index (χ2n) is 6.89. The highest BCUT2D eigenvalue weighted by atomic mass is 16.5. The van der Waals surface area contributed by atoms with E-state index in [2.05, 4.69) is 44.6 Å². The molecule has 0 aliphatic carbocycles. The summed E-state index contributed by atoms with van der Waals surface area (Å²) in [5.74, 6) is 1.98. The van der Waals surface area contributed by atoms with Crippen molar-refractivity contribution in [2.24, 2.45) is 0 Å². The molecule has 7 nitrogen and oxygen atoms in total. The van der Waals surface area contributed by atoms with Crippen LogP contribution in [0.5, 0.6) is 0 Å². The SMILES string of the molecule is COCCNc1ncccc1-c1noc(C2CCCN2Cc2ccccc2)n1. The zero-order valence-corrected chi connectivity index (χ0v) is 16.0. The molecule has 2 aromatic heterocycles. The molecule has 4 rings (SSSR count). The number of anilines is 1. The number of nitrogens with zero attached hydrogens (tertiary/aromatic N) is 4. The zero-order chi connectivity index (χ0) is 19.2. The molecule has 146 valence electrons. The third-order valence-electron chi connectivity index (χ3n) is 4.97. The highest BCUT2D eigenvalue weighted by molar-refractivity contribution is 5.69. The molecule has 1 unspecified atom stereocenters. The van der Waals surface area contributed by atoms with Crippen LogP contribution in [0.3, 0.4) is 0 Å². The second-order valence-corrected chi connectivity index (χ2v) is 6.89. The Labute approximate surface area is 164 Å². The summed E-state index contributed by atoms with van der Waals surface area (Å²) in [7, 11) is 1.68. The smallest absolute Gasteiger partial charge is 0.244 e. The fourth-order valence-electron chi connectivity index (χ4n) is 3.59. The maximum absolute atomic E-state index is 5.67. The van der Waals surface area contributed by atoms with Gasteiger partial charge in [0.25, 0.3) is 0 Å². The van der Waals surface area contributed by atoms with E-state index in [1.54, 1.807) is 13.3 Å². The van der Waals surface area contributed by atoms with Gasteiger partial charge in [-0.05, 0) is 37.1 Å². The number of methoxy groups -OCH3 is 1. The Hall–Kier alpha value is -2.77. The van der Waals surface area contributed by atoms with Crippen molar-refractivity contribution in [3.05, 3.63) is 60.1 Å². The lowest BCUT2D eigenvalue weighted by Crippen LogP contribution is -2.23. The summed E-state index contributed by atoms with van der Waals surface area (Å²) in [5, 5.41) is 7.50. The fraction of sp³-hybridized carbons (Fsp3) is 0.381. The first kappa shape index (κ1) is 18.6. The number of benzene rings is 1. The third kappa shape index (κ3) is 4.21. The number of likely N-dealkylation sites (tertiary alicyclic amines) is 1. The van der Waals surface area contributed by atoms with Crippen LogP contribution >= 0.6 is 0 Å². The van der Waals surface area contributed by atoms with Crippen LogP contribution in [0.4, 0.5) is 5.82 Å². The van der Waals surface area contributed by atoms with Crippen molar-refractivity contribution in [2.75, 3.05) is 32.1 Å². The predicted octanol–water partition coefficient (Wildman–Crippen LogP) is 3.53. The van der Waals surface area contributed by atoms with E-state index in [4.69, 9.17) is 14.2 Å². The van der Waals surface area contributed by atoms with Crippen molar-refractivity contribution in [1.82, 2.24) is 20.0 Å². The minimum atomic E-state index is 0.156. The van der Waals surface area contributed by atoms with Crippen LogP contribution in [0, 0.1) is 0 Å². The van der Waals surface area contributed by atoms with E-state index in [-0.39, 0.29) is 6.04 Å². The van der Waals surface area contributed by atoms with Crippen molar-refractivity contribution in [1.29, 1.82) is 0 Å². The van der Waals surface area contributed by atoms with E-state index >= 15 is 0 Å². The number of hydrogen-bond donors (Lipinski definition) is 1. The molecule has 3 heterocycles. The lowest BCUT2D eigenvalue weighted by atomic mass is 10.2. The first-order chi connectivity index (χ1) is 13.8. The van der Waals surface area contributed by atoms with Crippen molar-refractivity contribution in [3.8, 4) is 11.4 Å². The molecule has 1 N–H and O–H groups in total. The number of ether oxygens (including phenoxy) is 1. The molecular formula is C21H25N5O2. The normalized spacial score (nSPS) is 17.1. The summed E-state index contributed by atoms with van der Waals surface area (Å²) < 4.78 is 10.8. The Balaban J connectivity index is 1.51. The largest absolute Gasteiger partial charge is 0.383 e. The molecule has 0 amide bonds. The highest BCUT2D eigenvalue weighted by Crippen LogP contribution is 2.33. The Bertz CT molecular complexity index is 883. The Morgan fingerprint density at radius 3 is 2.96 bits per heavy atom. The van der Waals surface area contributed by atoms with Gasteiger partial charge in [0.05, 0.1) is 18.2 Å². The Kier molecular flexibility index (Phi) is 5.94. The molecule has 0 bridgehead atoms. The van der Waals surface area contributed by atoms with Crippen molar-refractivity contribution in [2.45, 2.75) is 25.4 Å². The van der Waals surface area contributed by atoms with E-state index in [9.17, 15) is 0 Å². The average Bonchev–Trinajstić information content (AvgIpc) is 3.39. The van der Waals surface area contributed by atoms with Gasteiger partial charge >= 0.3 is 0 Å². The summed E-state index contributed by atoms with van der Waals surface area (Å²) in [6.07, 6.45) is 3.91. The number of aromatic nitrogens is 3. The van der Waals surface area contributed by atoms with Crippen molar-refractivity contribution < 1.29 is 9.26 Å². The summed E-state index contributed by atoms with van der Waals surface area (Å²) >= 11 is 0. The molecule has 0 radical (unpaired) electrons. The van der Waals surface area contributed by atoms with Crippen LogP contribution in [-0.4, -0.2) is 46.8 Å². The molecule has 0 spiro atoms. The van der Waals surface area contributed by atoms with Gasteiger partial charge in [0, 0.05) is 26.4 Å². The fourth-order valence-corrected chi connectivity index (χ4v) is 3.59. The molecule has 1 saturated heterocycles. The molecule has 1 fully saturated rings.